The van der Waals surface area contributed by atoms with Crippen molar-refractivity contribution in [2.75, 3.05) is 24.5 Å². The van der Waals surface area contributed by atoms with Crippen molar-refractivity contribution in [2.24, 2.45) is 0 Å². The Balaban J connectivity index is 2.07. The standard InChI is InChI=1S/C29H33Cl2N3O5S/c1-4-17-32-29(36)26(5-2)33(19-21-11-14-23(39-3)15-12-21)28(35)20-34(27-18-22(30)13-16-25(27)31)40(37,38)24-9-7-6-8-10-24/h6-16,18,26H,4-5,17,19-20H2,1-3H3,(H,32,36)/t26-/m0/s1. The Morgan fingerprint density at radius 3 is 2.25 bits per heavy atom. The number of anilines is 1. The molecule has 0 aliphatic rings. The fourth-order valence-corrected chi connectivity index (χ4v) is 6.01. The molecule has 40 heavy (non-hydrogen) atoms. The Morgan fingerprint density at radius 1 is 0.975 bits per heavy atom. The zero-order valence-corrected chi connectivity index (χ0v) is 25.0. The number of amides is 2. The quantitative estimate of drug-likeness (QED) is 0.276. The van der Waals surface area contributed by atoms with Crippen molar-refractivity contribution in [1.29, 1.82) is 0 Å². The summed E-state index contributed by atoms with van der Waals surface area (Å²) in [5.74, 6) is -0.251. The molecule has 0 aliphatic carbocycles. The fraction of sp³-hybridized carbons (Fsp3) is 0.310. The first kappa shape index (κ1) is 31.3. The highest BCUT2D eigenvalue weighted by atomic mass is 35.5. The first-order valence-electron chi connectivity index (χ1n) is 12.8. The summed E-state index contributed by atoms with van der Waals surface area (Å²) in [6.07, 6.45) is 1.05. The van der Waals surface area contributed by atoms with Crippen LogP contribution in [-0.2, 0) is 26.2 Å². The lowest BCUT2D eigenvalue weighted by Gasteiger charge is -2.33. The Morgan fingerprint density at radius 2 is 1.65 bits per heavy atom. The highest BCUT2D eigenvalue weighted by Gasteiger charge is 2.34. The molecule has 0 aromatic heterocycles. The molecule has 1 atom stereocenters. The molecule has 0 unspecified atom stereocenters. The first-order valence-corrected chi connectivity index (χ1v) is 15.0. The minimum Gasteiger partial charge on any atom is -0.497 e. The number of nitrogens with one attached hydrogen (secondary N) is 1. The molecule has 1 N–H and O–H groups in total. The Labute approximate surface area is 245 Å². The lowest BCUT2D eigenvalue weighted by atomic mass is 10.1. The van der Waals surface area contributed by atoms with Crippen LogP contribution in [0.4, 0.5) is 5.69 Å². The molecular formula is C29H33Cl2N3O5S. The molecule has 0 spiro atoms. The van der Waals surface area contributed by atoms with Gasteiger partial charge in [0.1, 0.15) is 18.3 Å². The van der Waals surface area contributed by atoms with Crippen molar-refractivity contribution in [3.63, 3.8) is 0 Å². The Kier molecular flexibility index (Phi) is 11.2. The first-order chi connectivity index (χ1) is 19.1. The number of hydrogen-bond donors (Lipinski definition) is 1. The van der Waals surface area contributed by atoms with Gasteiger partial charge in [0.25, 0.3) is 10.0 Å². The molecule has 214 valence electrons. The zero-order chi connectivity index (χ0) is 29.3. The van der Waals surface area contributed by atoms with E-state index in [1.807, 2.05) is 6.92 Å². The summed E-state index contributed by atoms with van der Waals surface area (Å²) < 4.78 is 33.9. The van der Waals surface area contributed by atoms with Gasteiger partial charge in [0.2, 0.25) is 11.8 Å². The molecule has 3 aromatic rings. The van der Waals surface area contributed by atoms with E-state index >= 15 is 0 Å². The van der Waals surface area contributed by atoms with Crippen molar-refractivity contribution in [1.82, 2.24) is 10.2 Å². The number of carbonyl (C=O) groups excluding carboxylic acids is 2. The number of halogens is 2. The van der Waals surface area contributed by atoms with Gasteiger partial charge in [-0.2, -0.15) is 0 Å². The third-order valence-electron chi connectivity index (χ3n) is 6.23. The summed E-state index contributed by atoms with van der Waals surface area (Å²) >= 11 is 12.7. The van der Waals surface area contributed by atoms with Gasteiger partial charge in [-0.1, -0.05) is 67.4 Å². The van der Waals surface area contributed by atoms with E-state index in [2.05, 4.69) is 5.32 Å². The smallest absolute Gasteiger partial charge is 0.264 e. The van der Waals surface area contributed by atoms with E-state index in [1.54, 1.807) is 56.5 Å². The molecule has 0 fully saturated rings. The largest absolute Gasteiger partial charge is 0.497 e. The van der Waals surface area contributed by atoms with Crippen LogP contribution in [0.3, 0.4) is 0 Å². The van der Waals surface area contributed by atoms with Gasteiger partial charge in [-0.15, -0.1) is 0 Å². The highest BCUT2D eigenvalue weighted by Crippen LogP contribution is 2.33. The molecule has 0 heterocycles. The maximum absolute atomic E-state index is 14.0. The number of rotatable bonds is 13. The lowest BCUT2D eigenvalue weighted by Crippen LogP contribution is -2.52. The Hall–Kier alpha value is -3.27. The van der Waals surface area contributed by atoms with Crippen LogP contribution in [0.15, 0.2) is 77.7 Å². The molecule has 0 saturated heterocycles. The molecule has 0 aliphatic heterocycles. The Bertz CT molecular complexity index is 1400. The van der Waals surface area contributed by atoms with E-state index in [0.29, 0.717) is 18.7 Å². The normalized spacial score (nSPS) is 11.9. The van der Waals surface area contributed by atoms with Crippen molar-refractivity contribution in [3.8, 4) is 5.75 Å². The van der Waals surface area contributed by atoms with E-state index in [-0.39, 0.29) is 33.1 Å². The van der Waals surface area contributed by atoms with Gasteiger partial charge >= 0.3 is 0 Å². The summed E-state index contributed by atoms with van der Waals surface area (Å²) in [6, 6.07) is 18.4. The van der Waals surface area contributed by atoms with Crippen LogP contribution in [0, 0.1) is 0 Å². The number of hydrogen-bond acceptors (Lipinski definition) is 5. The molecule has 3 rings (SSSR count). The summed E-state index contributed by atoms with van der Waals surface area (Å²) in [5.41, 5.74) is 0.799. The third kappa shape index (κ3) is 7.68. The van der Waals surface area contributed by atoms with E-state index in [1.165, 1.54) is 35.2 Å². The molecule has 0 bridgehead atoms. The predicted octanol–water partition coefficient (Wildman–Crippen LogP) is 5.53. The van der Waals surface area contributed by atoms with Crippen LogP contribution >= 0.6 is 23.2 Å². The van der Waals surface area contributed by atoms with Gasteiger partial charge in [0.05, 0.1) is 22.7 Å². The summed E-state index contributed by atoms with van der Waals surface area (Å²) in [5, 5.41) is 3.21. The average Bonchev–Trinajstić information content (AvgIpc) is 2.96. The van der Waals surface area contributed by atoms with Gasteiger partial charge in [-0.05, 0) is 60.9 Å². The number of nitrogens with zero attached hydrogens (tertiary/aromatic N) is 2. The summed E-state index contributed by atoms with van der Waals surface area (Å²) in [6.45, 7) is 3.65. The second kappa shape index (κ2) is 14.4. The van der Waals surface area contributed by atoms with Crippen LogP contribution < -0.4 is 14.4 Å². The molecule has 11 heteroatoms. The minimum atomic E-state index is -4.25. The van der Waals surface area contributed by atoms with Crippen molar-refractivity contribution in [3.05, 3.63) is 88.4 Å². The maximum atomic E-state index is 14.0. The minimum absolute atomic E-state index is 0.0201. The molecule has 2 amide bonds. The van der Waals surface area contributed by atoms with E-state index in [9.17, 15) is 18.0 Å². The number of sulfonamides is 1. The fourth-order valence-electron chi connectivity index (χ4n) is 4.12. The molecule has 3 aromatic carbocycles. The van der Waals surface area contributed by atoms with Gasteiger partial charge in [0.15, 0.2) is 0 Å². The lowest BCUT2D eigenvalue weighted by molar-refractivity contribution is -0.140. The van der Waals surface area contributed by atoms with Crippen LogP contribution in [0.1, 0.15) is 32.3 Å². The molecular weight excluding hydrogens is 573 g/mol. The van der Waals surface area contributed by atoms with Crippen molar-refractivity contribution < 1.29 is 22.7 Å². The topological polar surface area (TPSA) is 96.0 Å². The SMILES string of the molecule is CCCNC(=O)[C@H](CC)N(Cc1ccc(OC)cc1)C(=O)CN(c1cc(Cl)ccc1Cl)S(=O)(=O)c1ccccc1. The second-order valence-electron chi connectivity index (χ2n) is 9.01. The second-order valence-corrected chi connectivity index (χ2v) is 11.7. The number of carbonyl (C=O) groups is 2. The van der Waals surface area contributed by atoms with Crippen LogP contribution in [0.25, 0.3) is 0 Å². The monoisotopic (exact) mass is 605 g/mol. The number of benzene rings is 3. The number of methoxy groups -OCH3 is 1. The summed E-state index contributed by atoms with van der Waals surface area (Å²) in [7, 11) is -2.69. The number of ether oxygens (including phenoxy) is 1. The van der Waals surface area contributed by atoms with Crippen LogP contribution in [-0.4, -0.2) is 51.4 Å². The third-order valence-corrected chi connectivity index (χ3v) is 8.56. The summed E-state index contributed by atoms with van der Waals surface area (Å²) in [4.78, 5) is 28.6. The predicted molar refractivity (Wildman–Crippen MR) is 158 cm³/mol. The van der Waals surface area contributed by atoms with E-state index in [0.717, 1.165) is 16.3 Å². The van der Waals surface area contributed by atoms with Gasteiger partial charge in [0, 0.05) is 18.1 Å². The van der Waals surface area contributed by atoms with Crippen LogP contribution in [0.5, 0.6) is 5.75 Å². The highest BCUT2D eigenvalue weighted by molar-refractivity contribution is 7.92. The zero-order valence-electron chi connectivity index (χ0n) is 22.6. The van der Waals surface area contributed by atoms with E-state index < -0.39 is 28.5 Å². The van der Waals surface area contributed by atoms with E-state index in [4.69, 9.17) is 27.9 Å². The van der Waals surface area contributed by atoms with Gasteiger partial charge in [-0.25, -0.2) is 8.42 Å². The van der Waals surface area contributed by atoms with Crippen molar-refractivity contribution in [2.45, 2.75) is 44.2 Å². The van der Waals surface area contributed by atoms with Crippen LogP contribution in [0.2, 0.25) is 10.0 Å². The molecule has 8 nitrogen and oxygen atoms in total. The maximum Gasteiger partial charge on any atom is 0.264 e. The molecule has 0 radical (unpaired) electrons. The van der Waals surface area contributed by atoms with Gasteiger partial charge < -0.3 is 15.0 Å². The van der Waals surface area contributed by atoms with Crippen molar-refractivity contribution >= 4 is 50.7 Å². The average molecular weight is 607 g/mol. The van der Waals surface area contributed by atoms with Gasteiger partial charge in [-0.3, -0.25) is 13.9 Å². The molecule has 0 saturated carbocycles.